The molecule has 0 saturated heterocycles. The van der Waals surface area contributed by atoms with Gasteiger partial charge in [-0.15, -0.1) is 5.10 Å². The van der Waals surface area contributed by atoms with E-state index in [1.807, 2.05) is 24.3 Å². The smallest absolute Gasteiger partial charge is 0.266 e. The molecular weight excluding hydrogens is 653 g/mol. The van der Waals surface area contributed by atoms with Crippen LogP contribution in [0.4, 0.5) is 15.8 Å². The number of ether oxygens (including phenoxy) is 3. The number of methoxy groups -OCH3 is 3. The molecule has 47 heavy (non-hydrogen) atoms. The molecule has 1 amide bonds. The first-order valence-electron chi connectivity index (χ1n) is 14.3. The molecule has 0 unspecified atom stereocenters. The molecule has 1 N–H and O–H groups in total. The van der Waals surface area contributed by atoms with Crippen LogP contribution in [-0.2, 0) is 16.6 Å². The zero-order valence-electron chi connectivity index (χ0n) is 25.9. The normalized spacial score (nSPS) is 11.3. The van der Waals surface area contributed by atoms with Crippen LogP contribution < -0.4 is 28.8 Å². The molecule has 0 bridgehead atoms. The Kier molecular flexibility index (Phi) is 10.0. The number of pyridine rings is 1. The van der Waals surface area contributed by atoms with E-state index in [0.29, 0.717) is 27.8 Å². The third-order valence-corrected chi connectivity index (χ3v) is 8.97. The summed E-state index contributed by atoms with van der Waals surface area (Å²) < 4.78 is 60.5. The number of sulfonamides is 1. The van der Waals surface area contributed by atoms with Gasteiger partial charge in [0, 0.05) is 0 Å². The van der Waals surface area contributed by atoms with E-state index in [1.54, 1.807) is 36.9 Å². The second-order valence-corrected chi connectivity index (χ2v) is 12.4. The molecule has 5 rings (SSSR count). The van der Waals surface area contributed by atoms with Gasteiger partial charge in [-0.2, -0.15) is 0 Å². The lowest BCUT2D eigenvalue weighted by molar-refractivity contribution is 0.102. The number of carbonyl (C=O) groups excluding carboxylic acids is 1. The average molecular weight is 684 g/mol. The molecule has 2 heterocycles. The summed E-state index contributed by atoms with van der Waals surface area (Å²) in [6.45, 7) is 2.04. The van der Waals surface area contributed by atoms with Gasteiger partial charge in [-0.1, -0.05) is 35.1 Å². The van der Waals surface area contributed by atoms with Crippen molar-refractivity contribution in [2.24, 2.45) is 0 Å². The van der Waals surface area contributed by atoms with Crippen molar-refractivity contribution in [3.8, 4) is 23.1 Å². The maximum absolute atomic E-state index is 16.2. The van der Waals surface area contributed by atoms with E-state index in [-0.39, 0.29) is 34.5 Å². The van der Waals surface area contributed by atoms with Crippen molar-refractivity contribution in [3.05, 3.63) is 94.9 Å². The molecule has 5 aromatic rings. The van der Waals surface area contributed by atoms with Crippen LogP contribution in [0.15, 0.2) is 72.9 Å². The Bertz CT molecular complexity index is 2010. The number of hydrogen-bond donors (Lipinski definition) is 1. The van der Waals surface area contributed by atoms with Crippen molar-refractivity contribution in [2.45, 2.75) is 19.9 Å². The fraction of sp³-hybridized carbons (Fsp3) is 0.219. The number of carbonyl (C=O) groups is 1. The first-order valence-corrected chi connectivity index (χ1v) is 16.2. The maximum Gasteiger partial charge on any atom is 0.266 e. The minimum atomic E-state index is -4.21. The number of amides is 1. The van der Waals surface area contributed by atoms with Crippen LogP contribution in [-0.4, -0.2) is 56.2 Å². The van der Waals surface area contributed by atoms with E-state index in [9.17, 15) is 13.2 Å². The Morgan fingerprint density at radius 1 is 0.957 bits per heavy atom. The van der Waals surface area contributed by atoms with Gasteiger partial charge in [0.05, 0.1) is 61.5 Å². The summed E-state index contributed by atoms with van der Waals surface area (Å²) in [5, 5.41) is 7.32. The predicted molar refractivity (Wildman–Crippen MR) is 176 cm³/mol. The van der Waals surface area contributed by atoms with Gasteiger partial charge in [0.25, 0.3) is 15.9 Å². The van der Waals surface area contributed by atoms with Crippen LogP contribution in [0, 0.1) is 5.82 Å². The van der Waals surface area contributed by atoms with Gasteiger partial charge in [-0.25, -0.2) is 22.5 Å². The van der Waals surface area contributed by atoms with Crippen molar-refractivity contribution in [1.82, 2.24) is 14.8 Å². The fourth-order valence-corrected chi connectivity index (χ4v) is 6.23. The number of nitrogens with zero attached hydrogens (tertiary/aromatic N) is 4. The molecule has 3 aromatic carbocycles. The first kappa shape index (κ1) is 33.3. The predicted octanol–water partition coefficient (Wildman–Crippen LogP) is 6.09. The second kappa shape index (κ2) is 14.1. The number of fused-ring (bicyclic) bond motifs is 1. The van der Waals surface area contributed by atoms with Crippen molar-refractivity contribution in [2.75, 3.05) is 36.9 Å². The Morgan fingerprint density at radius 2 is 1.60 bits per heavy atom. The molecule has 15 heteroatoms. The number of halogens is 2. The molecule has 0 atom stereocenters. The third kappa shape index (κ3) is 7.18. The molecule has 12 nitrogen and oxygen atoms in total. The Morgan fingerprint density at radius 3 is 2.21 bits per heavy atom. The zero-order chi connectivity index (χ0) is 33.7. The van der Waals surface area contributed by atoms with Crippen LogP contribution in [0.3, 0.4) is 0 Å². The van der Waals surface area contributed by atoms with E-state index in [2.05, 4.69) is 15.4 Å². The Labute approximate surface area is 275 Å². The molecule has 0 aliphatic carbocycles. The van der Waals surface area contributed by atoms with Crippen molar-refractivity contribution in [3.63, 3.8) is 0 Å². The van der Waals surface area contributed by atoms with Crippen molar-refractivity contribution < 1.29 is 36.7 Å². The standard InChI is InChI=1S/C32H31ClFN5O7S/c1-5-16-47(41,42)39(46-24-12-10-23(44-3)11-13-24)27-15-14-26(33)28(29(27)34)31(40)36-21-17-25-30(35-18-21)38(37-32(25)45-4)19-20-6-8-22(43-2)9-7-20/h6-15,17-18H,5,16,19H2,1-4H3,(H,36,40). The SMILES string of the molecule is CCCS(=O)(=O)N(Oc1ccc(OC)cc1)c1ccc(Cl)c(C(=O)Nc2cnc3c(c2)c(OC)nn3Cc2ccc(OC)cc2)c1F. The van der Waals surface area contributed by atoms with Crippen LogP contribution >= 0.6 is 11.6 Å². The molecule has 246 valence electrons. The monoisotopic (exact) mass is 683 g/mol. The summed E-state index contributed by atoms with van der Waals surface area (Å²) in [7, 11) is 0.316. The van der Waals surface area contributed by atoms with Crippen molar-refractivity contribution >= 4 is 49.9 Å². The van der Waals surface area contributed by atoms with Gasteiger partial charge in [-0.05, 0) is 66.6 Å². The minimum absolute atomic E-state index is 0.0895. The Hall–Kier alpha value is -5.08. The number of aromatic nitrogens is 3. The molecule has 0 aliphatic heterocycles. The summed E-state index contributed by atoms with van der Waals surface area (Å²) in [5.41, 5.74) is 0.485. The van der Waals surface area contributed by atoms with Crippen LogP contribution in [0.25, 0.3) is 11.0 Å². The first-order chi connectivity index (χ1) is 22.6. The van der Waals surface area contributed by atoms with Gasteiger partial charge >= 0.3 is 0 Å². The molecule has 0 spiro atoms. The van der Waals surface area contributed by atoms with E-state index in [1.165, 1.54) is 38.6 Å². The third-order valence-electron chi connectivity index (χ3n) is 6.95. The lowest BCUT2D eigenvalue weighted by Crippen LogP contribution is -2.37. The molecule has 0 radical (unpaired) electrons. The number of hydrogen-bond acceptors (Lipinski definition) is 9. The van der Waals surface area contributed by atoms with Gasteiger partial charge in [-0.3, -0.25) is 4.79 Å². The van der Waals surface area contributed by atoms with Gasteiger partial charge in [0.2, 0.25) is 5.88 Å². The average Bonchev–Trinajstić information content (AvgIpc) is 3.41. The molecule has 2 aromatic heterocycles. The van der Waals surface area contributed by atoms with Gasteiger partial charge < -0.3 is 24.4 Å². The highest BCUT2D eigenvalue weighted by atomic mass is 35.5. The molecule has 0 saturated carbocycles. The summed E-state index contributed by atoms with van der Waals surface area (Å²) in [6, 6.07) is 17.4. The highest BCUT2D eigenvalue weighted by Crippen LogP contribution is 2.33. The minimum Gasteiger partial charge on any atom is -0.497 e. The lowest BCUT2D eigenvalue weighted by Gasteiger charge is -2.25. The largest absolute Gasteiger partial charge is 0.497 e. The number of rotatable bonds is 13. The summed E-state index contributed by atoms with van der Waals surface area (Å²) in [6.07, 6.45) is 1.61. The number of benzene rings is 3. The van der Waals surface area contributed by atoms with Crippen LogP contribution in [0.5, 0.6) is 23.1 Å². The molecule has 0 aliphatic rings. The van der Waals surface area contributed by atoms with Crippen LogP contribution in [0.1, 0.15) is 29.3 Å². The molecule has 0 fully saturated rings. The Balaban J connectivity index is 1.45. The summed E-state index contributed by atoms with van der Waals surface area (Å²) >= 11 is 6.30. The van der Waals surface area contributed by atoms with E-state index < -0.39 is 33.0 Å². The summed E-state index contributed by atoms with van der Waals surface area (Å²) in [5.74, 6) is -0.932. The fourth-order valence-electron chi connectivity index (χ4n) is 4.68. The van der Waals surface area contributed by atoms with E-state index in [4.69, 9.17) is 30.6 Å². The zero-order valence-corrected chi connectivity index (χ0v) is 27.4. The van der Waals surface area contributed by atoms with Crippen LogP contribution in [0.2, 0.25) is 5.02 Å². The number of anilines is 2. The van der Waals surface area contributed by atoms with Gasteiger partial charge in [0.1, 0.15) is 17.2 Å². The maximum atomic E-state index is 16.2. The topological polar surface area (TPSA) is 134 Å². The summed E-state index contributed by atoms with van der Waals surface area (Å²) in [4.78, 5) is 23.6. The van der Waals surface area contributed by atoms with Crippen molar-refractivity contribution in [1.29, 1.82) is 0 Å². The lowest BCUT2D eigenvalue weighted by atomic mass is 10.1. The number of nitrogens with one attached hydrogen (secondary N) is 1. The highest BCUT2D eigenvalue weighted by molar-refractivity contribution is 7.92. The highest BCUT2D eigenvalue weighted by Gasteiger charge is 2.31. The van der Waals surface area contributed by atoms with E-state index in [0.717, 1.165) is 17.4 Å². The second-order valence-electron chi connectivity index (χ2n) is 10.1. The van der Waals surface area contributed by atoms with E-state index >= 15 is 4.39 Å². The van der Waals surface area contributed by atoms with Gasteiger partial charge in [0.15, 0.2) is 17.2 Å². The molecular formula is C32H31ClFN5O7S. The quantitative estimate of drug-likeness (QED) is 0.146.